The quantitative estimate of drug-likeness (QED) is 0.888. The van der Waals surface area contributed by atoms with Crippen molar-refractivity contribution in [2.45, 2.75) is 19.4 Å². The lowest BCUT2D eigenvalue weighted by Gasteiger charge is -2.17. The lowest BCUT2D eigenvalue weighted by Crippen LogP contribution is -2.19. The molecule has 1 aromatic heterocycles. The van der Waals surface area contributed by atoms with Crippen LogP contribution in [0.25, 0.3) is 0 Å². The van der Waals surface area contributed by atoms with Crippen LogP contribution in [0.15, 0.2) is 24.4 Å². The fraction of sp³-hybridized carbons (Fsp3) is 0.429. The lowest BCUT2D eigenvalue weighted by atomic mass is 10.00. The van der Waals surface area contributed by atoms with E-state index in [-0.39, 0.29) is 6.04 Å². The number of nitrogens with one attached hydrogen (secondary N) is 1. The maximum Gasteiger partial charge on any atom is 0.121 e. The van der Waals surface area contributed by atoms with Crippen LogP contribution in [0, 0.1) is 6.92 Å². The molecule has 1 aromatic carbocycles. The van der Waals surface area contributed by atoms with Gasteiger partial charge in [-0.3, -0.25) is 4.68 Å². The minimum atomic E-state index is 0.223. The molecule has 2 aromatic rings. The van der Waals surface area contributed by atoms with Gasteiger partial charge in [0, 0.05) is 25.7 Å². The number of methoxy groups -OCH3 is 1. The van der Waals surface area contributed by atoms with E-state index in [1.165, 1.54) is 5.56 Å². The number of hydrogen-bond acceptors (Lipinski definition) is 4. The summed E-state index contributed by atoms with van der Waals surface area (Å²) >= 11 is 0. The molecular formula is C14H20N4O. The van der Waals surface area contributed by atoms with Crippen molar-refractivity contribution in [3.05, 3.63) is 41.2 Å². The van der Waals surface area contributed by atoms with Crippen molar-refractivity contribution in [2.24, 2.45) is 7.05 Å². The maximum absolute atomic E-state index is 5.29. The van der Waals surface area contributed by atoms with Crippen LogP contribution in [0.5, 0.6) is 5.75 Å². The van der Waals surface area contributed by atoms with Crippen molar-refractivity contribution in [1.29, 1.82) is 0 Å². The minimum Gasteiger partial charge on any atom is -0.496 e. The molecule has 0 spiro atoms. The molecule has 0 radical (unpaired) electrons. The number of benzene rings is 1. The third-order valence-corrected chi connectivity index (χ3v) is 3.23. The van der Waals surface area contributed by atoms with E-state index in [1.807, 2.05) is 26.4 Å². The fourth-order valence-electron chi connectivity index (χ4n) is 2.20. The van der Waals surface area contributed by atoms with E-state index < -0.39 is 0 Å². The second-order valence-electron chi connectivity index (χ2n) is 4.66. The van der Waals surface area contributed by atoms with Crippen molar-refractivity contribution in [1.82, 2.24) is 20.3 Å². The van der Waals surface area contributed by atoms with Crippen molar-refractivity contribution in [3.8, 4) is 5.75 Å². The van der Waals surface area contributed by atoms with Gasteiger partial charge in [-0.25, -0.2) is 0 Å². The zero-order valence-corrected chi connectivity index (χ0v) is 11.8. The molecule has 19 heavy (non-hydrogen) atoms. The maximum atomic E-state index is 5.29. The largest absolute Gasteiger partial charge is 0.496 e. The van der Waals surface area contributed by atoms with Gasteiger partial charge in [-0.15, -0.1) is 5.10 Å². The van der Waals surface area contributed by atoms with Crippen LogP contribution in [0.4, 0.5) is 0 Å². The van der Waals surface area contributed by atoms with Crippen LogP contribution in [-0.4, -0.2) is 29.2 Å². The predicted molar refractivity (Wildman–Crippen MR) is 74.2 cm³/mol. The summed E-state index contributed by atoms with van der Waals surface area (Å²) in [5.74, 6) is 0.915. The molecule has 1 atom stereocenters. The topological polar surface area (TPSA) is 52.0 Å². The van der Waals surface area contributed by atoms with Crippen LogP contribution in [-0.2, 0) is 13.5 Å². The van der Waals surface area contributed by atoms with E-state index in [4.69, 9.17) is 4.74 Å². The monoisotopic (exact) mass is 260 g/mol. The Morgan fingerprint density at radius 2 is 2.21 bits per heavy atom. The van der Waals surface area contributed by atoms with Gasteiger partial charge in [0.2, 0.25) is 0 Å². The zero-order valence-electron chi connectivity index (χ0n) is 11.8. The van der Waals surface area contributed by atoms with Crippen molar-refractivity contribution >= 4 is 0 Å². The first-order valence-electron chi connectivity index (χ1n) is 6.31. The predicted octanol–water partition coefficient (Wildman–Crippen LogP) is 1.64. The van der Waals surface area contributed by atoms with Crippen LogP contribution in [0.3, 0.4) is 0 Å². The van der Waals surface area contributed by atoms with E-state index in [0.29, 0.717) is 0 Å². The van der Waals surface area contributed by atoms with Gasteiger partial charge in [-0.1, -0.05) is 17.3 Å². The summed E-state index contributed by atoms with van der Waals surface area (Å²) in [6.45, 7) is 2.05. The first kappa shape index (κ1) is 13.5. The Morgan fingerprint density at radius 1 is 1.42 bits per heavy atom. The number of ether oxygens (including phenoxy) is 1. The van der Waals surface area contributed by atoms with Gasteiger partial charge in [0.15, 0.2) is 0 Å². The number of nitrogens with zero attached hydrogens (tertiary/aromatic N) is 3. The van der Waals surface area contributed by atoms with Gasteiger partial charge in [0.1, 0.15) is 5.75 Å². The minimum absolute atomic E-state index is 0.223. The summed E-state index contributed by atoms with van der Waals surface area (Å²) in [5.41, 5.74) is 3.35. The van der Waals surface area contributed by atoms with E-state index >= 15 is 0 Å². The average molecular weight is 260 g/mol. The number of aromatic nitrogens is 3. The SMILES string of the molecule is CNC(Cc1cn(C)nn1)c1ccc(OC)c(C)c1. The molecule has 1 heterocycles. The third kappa shape index (κ3) is 3.12. The number of hydrogen-bond donors (Lipinski definition) is 1. The summed E-state index contributed by atoms with van der Waals surface area (Å²) in [7, 11) is 5.53. The molecule has 0 fully saturated rings. The molecule has 5 heteroatoms. The Labute approximate surface area is 113 Å². The lowest BCUT2D eigenvalue weighted by molar-refractivity contribution is 0.411. The van der Waals surface area contributed by atoms with Gasteiger partial charge in [0.25, 0.3) is 0 Å². The standard InChI is InChI=1S/C14H20N4O/c1-10-7-11(5-6-14(10)19-4)13(15-2)8-12-9-18(3)17-16-12/h5-7,9,13,15H,8H2,1-4H3. The Hall–Kier alpha value is -1.88. The second-order valence-corrected chi connectivity index (χ2v) is 4.66. The van der Waals surface area contributed by atoms with E-state index in [2.05, 4.69) is 34.7 Å². The number of likely N-dealkylation sites (N-methyl/N-ethyl adjacent to an activating group) is 1. The van der Waals surface area contributed by atoms with Gasteiger partial charge in [-0.05, 0) is 31.2 Å². The zero-order chi connectivity index (χ0) is 13.8. The molecule has 0 saturated heterocycles. The fourth-order valence-corrected chi connectivity index (χ4v) is 2.20. The van der Waals surface area contributed by atoms with Crippen LogP contribution in [0.2, 0.25) is 0 Å². The van der Waals surface area contributed by atoms with Crippen LogP contribution < -0.4 is 10.1 Å². The molecule has 0 aliphatic carbocycles. The Balaban J connectivity index is 2.19. The average Bonchev–Trinajstić information content (AvgIpc) is 2.81. The smallest absolute Gasteiger partial charge is 0.121 e. The summed E-state index contributed by atoms with van der Waals surface area (Å²) < 4.78 is 7.01. The summed E-state index contributed by atoms with van der Waals surface area (Å²) in [6, 6.07) is 6.46. The van der Waals surface area contributed by atoms with Gasteiger partial charge in [0.05, 0.1) is 12.8 Å². The Kier molecular flexibility index (Phi) is 4.16. The Bertz CT molecular complexity index is 550. The van der Waals surface area contributed by atoms with Crippen LogP contribution >= 0.6 is 0 Å². The van der Waals surface area contributed by atoms with E-state index in [9.17, 15) is 0 Å². The van der Waals surface area contributed by atoms with Gasteiger partial charge < -0.3 is 10.1 Å². The van der Waals surface area contributed by atoms with Gasteiger partial charge >= 0.3 is 0 Å². The normalized spacial score (nSPS) is 12.4. The molecule has 1 N–H and O–H groups in total. The Morgan fingerprint density at radius 3 is 2.74 bits per heavy atom. The molecule has 1 unspecified atom stereocenters. The highest BCUT2D eigenvalue weighted by Gasteiger charge is 2.13. The summed E-state index contributed by atoms with van der Waals surface area (Å²) in [5, 5.41) is 11.4. The van der Waals surface area contributed by atoms with E-state index in [1.54, 1.807) is 11.8 Å². The van der Waals surface area contributed by atoms with Crippen molar-refractivity contribution in [3.63, 3.8) is 0 Å². The van der Waals surface area contributed by atoms with Crippen molar-refractivity contribution < 1.29 is 4.74 Å². The molecule has 0 aliphatic heterocycles. The van der Waals surface area contributed by atoms with Crippen LogP contribution in [0.1, 0.15) is 22.9 Å². The highest BCUT2D eigenvalue weighted by molar-refractivity contribution is 5.37. The third-order valence-electron chi connectivity index (χ3n) is 3.23. The molecular weight excluding hydrogens is 240 g/mol. The first-order chi connectivity index (χ1) is 9.13. The van der Waals surface area contributed by atoms with Gasteiger partial charge in [-0.2, -0.15) is 0 Å². The van der Waals surface area contributed by atoms with Crippen molar-refractivity contribution in [2.75, 3.05) is 14.2 Å². The highest BCUT2D eigenvalue weighted by Crippen LogP contribution is 2.24. The highest BCUT2D eigenvalue weighted by atomic mass is 16.5. The summed E-state index contributed by atoms with van der Waals surface area (Å²) in [4.78, 5) is 0. The van der Waals surface area contributed by atoms with E-state index in [0.717, 1.165) is 23.4 Å². The molecule has 2 rings (SSSR count). The number of aryl methyl sites for hydroxylation is 2. The first-order valence-corrected chi connectivity index (χ1v) is 6.31. The molecule has 5 nitrogen and oxygen atoms in total. The molecule has 102 valence electrons. The molecule has 0 saturated carbocycles. The second kappa shape index (κ2) is 5.84. The summed E-state index contributed by atoms with van der Waals surface area (Å²) in [6.07, 6.45) is 2.76. The molecule has 0 amide bonds. The number of rotatable bonds is 5. The molecule has 0 aliphatic rings. The molecule has 0 bridgehead atoms.